The van der Waals surface area contributed by atoms with Crippen molar-refractivity contribution in [3.8, 4) is 5.75 Å². The van der Waals surface area contributed by atoms with Gasteiger partial charge < -0.3 is 15.5 Å². The highest BCUT2D eigenvalue weighted by Gasteiger charge is 2.59. The number of nitrogens with one attached hydrogen (secondary N) is 1. The van der Waals surface area contributed by atoms with Gasteiger partial charge in [-0.25, -0.2) is 4.39 Å². The summed E-state index contributed by atoms with van der Waals surface area (Å²) < 4.78 is 15.6. The summed E-state index contributed by atoms with van der Waals surface area (Å²) in [5, 5.41) is 23.9. The number of fused-ring (bicyclic) bond motifs is 5. The van der Waals surface area contributed by atoms with Crippen molar-refractivity contribution in [2.75, 3.05) is 13.6 Å². The number of halogens is 1. The largest absolute Gasteiger partial charge is 0.508 e. The standard InChI is InChI=1S/C24H36FNO2/c1-24-14-20(25)23-18-8-7-17(27)13-16(18)12-15(6-4-3-5-11-26-2)22(23)19(24)9-10-21(24)28/h7-8,13,15,19-23,26-28H,3-6,9-12,14H2,1-2H3/t15?,19?,20-,21-,22?,23?,24?/m0/s1. The Hall–Kier alpha value is -1.13. The molecule has 0 aromatic heterocycles. The van der Waals surface area contributed by atoms with Crippen LogP contribution in [-0.4, -0.2) is 36.1 Å². The summed E-state index contributed by atoms with van der Waals surface area (Å²) in [6.07, 6.45) is 6.64. The second-order valence-electron chi connectivity index (χ2n) is 9.83. The van der Waals surface area contributed by atoms with Gasteiger partial charge in [-0.1, -0.05) is 25.8 Å². The minimum atomic E-state index is -0.908. The molecule has 7 atom stereocenters. The molecule has 0 amide bonds. The van der Waals surface area contributed by atoms with E-state index in [2.05, 4.69) is 12.2 Å². The Kier molecular flexibility index (Phi) is 5.72. The molecule has 5 unspecified atom stereocenters. The highest BCUT2D eigenvalue weighted by atomic mass is 19.1. The van der Waals surface area contributed by atoms with Gasteiger partial charge in [0.15, 0.2) is 0 Å². The lowest BCUT2D eigenvalue weighted by atomic mass is 9.51. The van der Waals surface area contributed by atoms with Crippen LogP contribution < -0.4 is 5.32 Å². The predicted molar refractivity (Wildman–Crippen MR) is 110 cm³/mol. The maximum atomic E-state index is 15.6. The molecule has 1 aromatic carbocycles. The molecule has 3 N–H and O–H groups in total. The van der Waals surface area contributed by atoms with Crippen molar-refractivity contribution < 1.29 is 14.6 Å². The Morgan fingerprint density at radius 2 is 2.04 bits per heavy atom. The summed E-state index contributed by atoms with van der Waals surface area (Å²) in [7, 11) is 1.99. The Labute approximate surface area is 168 Å². The van der Waals surface area contributed by atoms with E-state index in [1.807, 2.05) is 19.2 Å². The molecular weight excluding hydrogens is 353 g/mol. The van der Waals surface area contributed by atoms with Gasteiger partial charge >= 0.3 is 0 Å². The monoisotopic (exact) mass is 389 g/mol. The van der Waals surface area contributed by atoms with E-state index >= 15 is 4.39 Å². The summed E-state index contributed by atoms with van der Waals surface area (Å²) in [5.41, 5.74) is 1.98. The number of benzene rings is 1. The van der Waals surface area contributed by atoms with Gasteiger partial charge in [0.2, 0.25) is 0 Å². The normalized spacial score (nSPS) is 39.3. The first-order valence-corrected chi connectivity index (χ1v) is 11.2. The SMILES string of the molecule is CNCCCCCC1Cc2cc(O)ccc2C2C1C1CC[C@H](O)C1(C)C[C@@H]2F. The van der Waals surface area contributed by atoms with Crippen LogP contribution in [0.4, 0.5) is 4.39 Å². The summed E-state index contributed by atoms with van der Waals surface area (Å²) in [6, 6.07) is 5.55. The number of unbranched alkanes of at least 4 members (excludes halogenated alkanes) is 2. The van der Waals surface area contributed by atoms with Gasteiger partial charge in [0, 0.05) is 5.92 Å². The molecule has 3 aliphatic rings. The van der Waals surface area contributed by atoms with Crippen molar-refractivity contribution in [1.29, 1.82) is 0 Å². The van der Waals surface area contributed by atoms with Crippen LogP contribution in [0.2, 0.25) is 0 Å². The third-order valence-corrected chi connectivity index (χ3v) is 8.28. The van der Waals surface area contributed by atoms with E-state index in [0.717, 1.165) is 43.4 Å². The van der Waals surface area contributed by atoms with Crippen LogP contribution in [-0.2, 0) is 6.42 Å². The zero-order chi connectivity index (χ0) is 19.9. The van der Waals surface area contributed by atoms with Crippen LogP contribution in [0.5, 0.6) is 5.75 Å². The van der Waals surface area contributed by atoms with Crippen LogP contribution >= 0.6 is 0 Å². The maximum Gasteiger partial charge on any atom is 0.115 e. The summed E-state index contributed by atoms with van der Waals surface area (Å²) in [6.45, 7) is 3.18. The zero-order valence-corrected chi connectivity index (χ0v) is 17.3. The summed E-state index contributed by atoms with van der Waals surface area (Å²) >= 11 is 0. The average Bonchev–Trinajstić information content (AvgIpc) is 2.95. The van der Waals surface area contributed by atoms with Gasteiger partial charge in [0.25, 0.3) is 0 Å². The molecule has 0 spiro atoms. The molecular formula is C24H36FNO2. The lowest BCUT2D eigenvalue weighted by Crippen LogP contribution is -2.51. The first kappa shape index (κ1) is 20.2. The van der Waals surface area contributed by atoms with Crippen molar-refractivity contribution in [1.82, 2.24) is 5.32 Å². The van der Waals surface area contributed by atoms with Gasteiger partial charge in [0.1, 0.15) is 11.9 Å². The number of aliphatic hydroxyl groups is 1. The quantitative estimate of drug-likeness (QED) is 0.625. The molecule has 0 radical (unpaired) electrons. The van der Waals surface area contributed by atoms with E-state index in [-0.39, 0.29) is 23.2 Å². The number of phenols is 1. The van der Waals surface area contributed by atoms with Crippen molar-refractivity contribution in [2.45, 2.75) is 76.5 Å². The van der Waals surface area contributed by atoms with Gasteiger partial charge in [-0.15, -0.1) is 0 Å². The smallest absolute Gasteiger partial charge is 0.115 e. The Bertz CT molecular complexity index is 695. The van der Waals surface area contributed by atoms with E-state index in [1.165, 1.54) is 19.3 Å². The third kappa shape index (κ3) is 3.37. The summed E-state index contributed by atoms with van der Waals surface area (Å²) in [5.74, 6) is 1.38. The fourth-order valence-electron chi connectivity index (χ4n) is 6.92. The minimum Gasteiger partial charge on any atom is -0.508 e. The van der Waals surface area contributed by atoms with Crippen molar-refractivity contribution in [3.63, 3.8) is 0 Å². The number of hydrogen-bond donors (Lipinski definition) is 3. The molecule has 2 fully saturated rings. The number of hydrogen-bond acceptors (Lipinski definition) is 3. The second kappa shape index (κ2) is 7.95. The number of alkyl halides is 1. The highest BCUT2D eigenvalue weighted by molar-refractivity contribution is 5.41. The van der Waals surface area contributed by atoms with E-state index in [1.54, 1.807) is 6.07 Å². The molecule has 0 aliphatic heterocycles. The second-order valence-corrected chi connectivity index (χ2v) is 9.83. The third-order valence-electron chi connectivity index (χ3n) is 8.28. The van der Waals surface area contributed by atoms with Crippen LogP contribution in [0.1, 0.15) is 68.9 Å². The molecule has 28 heavy (non-hydrogen) atoms. The molecule has 0 heterocycles. The molecule has 3 nitrogen and oxygen atoms in total. The van der Waals surface area contributed by atoms with Crippen molar-refractivity contribution in [2.24, 2.45) is 23.2 Å². The van der Waals surface area contributed by atoms with Crippen LogP contribution in [0, 0.1) is 23.2 Å². The molecule has 4 rings (SSSR count). The molecule has 3 aliphatic carbocycles. The Balaban J connectivity index is 1.64. The molecule has 2 saturated carbocycles. The summed E-state index contributed by atoms with van der Waals surface area (Å²) in [4.78, 5) is 0. The average molecular weight is 390 g/mol. The zero-order valence-electron chi connectivity index (χ0n) is 17.3. The Morgan fingerprint density at radius 3 is 2.82 bits per heavy atom. The number of aliphatic hydroxyl groups excluding tert-OH is 1. The predicted octanol–water partition coefficient (Wildman–Crippen LogP) is 4.56. The van der Waals surface area contributed by atoms with Crippen LogP contribution in [0.25, 0.3) is 0 Å². The fraction of sp³-hybridized carbons (Fsp3) is 0.750. The Morgan fingerprint density at radius 1 is 1.21 bits per heavy atom. The van der Waals surface area contributed by atoms with Gasteiger partial charge in [-0.05, 0) is 98.5 Å². The number of aromatic hydroxyl groups is 1. The molecule has 156 valence electrons. The van der Waals surface area contributed by atoms with Gasteiger partial charge in [-0.3, -0.25) is 0 Å². The van der Waals surface area contributed by atoms with E-state index in [9.17, 15) is 10.2 Å². The lowest BCUT2D eigenvalue weighted by molar-refractivity contribution is -0.0722. The minimum absolute atomic E-state index is 0.0740. The topological polar surface area (TPSA) is 52.5 Å². The molecule has 1 aromatic rings. The van der Waals surface area contributed by atoms with E-state index < -0.39 is 6.17 Å². The first-order valence-electron chi connectivity index (χ1n) is 11.2. The van der Waals surface area contributed by atoms with Crippen molar-refractivity contribution in [3.05, 3.63) is 29.3 Å². The maximum absolute atomic E-state index is 15.6. The highest BCUT2D eigenvalue weighted by Crippen LogP contribution is 2.63. The first-order chi connectivity index (χ1) is 13.5. The van der Waals surface area contributed by atoms with Gasteiger partial charge in [-0.2, -0.15) is 0 Å². The molecule has 4 heteroatoms. The number of phenolic OH excluding ortho intramolecular Hbond substituents is 1. The molecule has 0 bridgehead atoms. The van der Waals surface area contributed by atoms with Gasteiger partial charge in [0.05, 0.1) is 6.10 Å². The number of rotatable bonds is 6. The lowest BCUT2D eigenvalue weighted by Gasteiger charge is -2.54. The fourth-order valence-corrected chi connectivity index (χ4v) is 6.92. The van der Waals surface area contributed by atoms with Crippen LogP contribution in [0.3, 0.4) is 0 Å². The van der Waals surface area contributed by atoms with Crippen molar-refractivity contribution >= 4 is 0 Å². The van der Waals surface area contributed by atoms with E-state index in [0.29, 0.717) is 24.2 Å². The molecule has 0 saturated heterocycles. The van der Waals surface area contributed by atoms with Crippen LogP contribution in [0.15, 0.2) is 18.2 Å². The van der Waals surface area contributed by atoms with E-state index in [4.69, 9.17) is 0 Å².